The Balaban J connectivity index is 0.000000226. The molecule has 6 heteroatoms. The van der Waals surface area contributed by atoms with Crippen molar-refractivity contribution in [1.82, 2.24) is 14.7 Å². The molecular formula is C24H49N3O3. The average molecular weight is 428 g/mol. The van der Waals surface area contributed by atoms with Crippen molar-refractivity contribution in [3.05, 3.63) is 0 Å². The molecule has 3 atom stereocenters. The lowest BCUT2D eigenvalue weighted by Gasteiger charge is -2.26. The molecule has 3 fully saturated rings. The monoisotopic (exact) mass is 427 g/mol. The highest BCUT2D eigenvalue weighted by Gasteiger charge is 2.31. The number of carbonyl (C=O) groups is 1. The van der Waals surface area contributed by atoms with Crippen LogP contribution in [-0.2, 0) is 4.79 Å². The number of aliphatic carboxylic acids is 1. The Kier molecular flexibility index (Phi) is 12.5. The van der Waals surface area contributed by atoms with Gasteiger partial charge in [-0.25, -0.2) is 0 Å². The second-order valence-corrected chi connectivity index (χ2v) is 10.1. The van der Waals surface area contributed by atoms with E-state index < -0.39 is 5.97 Å². The van der Waals surface area contributed by atoms with E-state index in [1.807, 2.05) is 18.7 Å². The fourth-order valence-electron chi connectivity index (χ4n) is 4.84. The SMILES string of the molecule is CC(C)N1CCCC1C(=O)O.CC(C)N1CCCC1CO.CC1CCN(C(C)C)C1. The van der Waals surface area contributed by atoms with Crippen molar-refractivity contribution in [1.29, 1.82) is 0 Å². The molecule has 30 heavy (non-hydrogen) atoms. The normalized spacial score (nSPS) is 28.0. The number of aliphatic hydroxyl groups is 1. The van der Waals surface area contributed by atoms with Gasteiger partial charge in [-0.2, -0.15) is 0 Å². The van der Waals surface area contributed by atoms with Gasteiger partial charge >= 0.3 is 5.97 Å². The first-order chi connectivity index (χ1) is 14.1. The maximum Gasteiger partial charge on any atom is 0.320 e. The molecule has 0 aromatic carbocycles. The summed E-state index contributed by atoms with van der Waals surface area (Å²) in [7, 11) is 0. The third-order valence-electron chi connectivity index (χ3n) is 6.72. The Hall–Kier alpha value is -0.690. The van der Waals surface area contributed by atoms with Crippen LogP contribution in [0.4, 0.5) is 0 Å². The van der Waals surface area contributed by atoms with Gasteiger partial charge < -0.3 is 15.1 Å². The number of hydrogen-bond donors (Lipinski definition) is 2. The zero-order valence-electron chi connectivity index (χ0n) is 20.7. The van der Waals surface area contributed by atoms with Crippen LogP contribution in [0.5, 0.6) is 0 Å². The molecule has 0 amide bonds. The molecule has 0 aromatic heterocycles. The Morgan fingerprint density at radius 3 is 1.77 bits per heavy atom. The zero-order chi connectivity index (χ0) is 22.8. The minimum atomic E-state index is -0.670. The summed E-state index contributed by atoms with van der Waals surface area (Å²) in [4.78, 5) is 17.6. The third-order valence-corrected chi connectivity index (χ3v) is 6.72. The standard InChI is InChI=1S/C8H15NO2.C8H17NO.C8H17N/c1-6(2)9-5-3-4-7(9)8(10)11;1-7(2)9-5-3-4-8(9)6-10;1-7(2)9-5-4-8(3)6-9/h6-7H,3-5H2,1-2H3,(H,10,11);7-8,10H,3-6H2,1-2H3;7-8H,4-6H2,1-3H3. The summed E-state index contributed by atoms with van der Waals surface area (Å²) >= 11 is 0. The molecule has 0 saturated carbocycles. The highest BCUT2D eigenvalue weighted by Crippen LogP contribution is 2.20. The number of rotatable bonds is 5. The molecule has 3 aliphatic rings. The molecule has 3 saturated heterocycles. The first-order valence-corrected chi connectivity index (χ1v) is 12.2. The van der Waals surface area contributed by atoms with Gasteiger partial charge in [0.25, 0.3) is 0 Å². The van der Waals surface area contributed by atoms with Gasteiger partial charge in [0, 0.05) is 30.7 Å². The zero-order valence-corrected chi connectivity index (χ0v) is 20.7. The van der Waals surface area contributed by atoms with Gasteiger partial charge in [-0.3, -0.25) is 14.6 Å². The first kappa shape index (κ1) is 27.3. The summed E-state index contributed by atoms with van der Waals surface area (Å²) in [6.45, 7) is 20.4. The number of carboxylic acid groups (broad SMARTS) is 1. The van der Waals surface area contributed by atoms with Crippen molar-refractivity contribution >= 4 is 5.97 Å². The highest BCUT2D eigenvalue weighted by atomic mass is 16.4. The lowest BCUT2D eigenvalue weighted by Crippen LogP contribution is -2.40. The molecule has 178 valence electrons. The molecule has 0 spiro atoms. The highest BCUT2D eigenvalue weighted by molar-refractivity contribution is 5.73. The van der Waals surface area contributed by atoms with E-state index in [1.54, 1.807) is 0 Å². The summed E-state index contributed by atoms with van der Waals surface area (Å²) in [6.07, 6.45) is 5.67. The predicted octanol–water partition coefficient (Wildman–Crippen LogP) is 3.53. The van der Waals surface area contributed by atoms with Crippen molar-refractivity contribution in [2.24, 2.45) is 5.92 Å². The van der Waals surface area contributed by atoms with Gasteiger partial charge in [0.2, 0.25) is 0 Å². The minimum absolute atomic E-state index is 0.227. The number of nitrogens with zero attached hydrogens (tertiary/aromatic N) is 3. The smallest absolute Gasteiger partial charge is 0.320 e. The van der Waals surface area contributed by atoms with Crippen molar-refractivity contribution in [2.45, 2.75) is 111 Å². The average Bonchev–Trinajstić information content (AvgIpc) is 3.42. The Morgan fingerprint density at radius 1 is 0.867 bits per heavy atom. The third kappa shape index (κ3) is 8.81. The van der Waals surface area contributed by atoms with Crippen LogP contribution < -0.4 is 0 Å². The molecule has 3 rings (SSSR count). The van der Waals surface area contributed by atoms with Crippen LogP contribution >= 0.6 is 0 Å². The fraction of sp³-hybridized carbons (Fsp3) is 0.958. The maximum atomic E-state index is 10.7. The van der Waals surface area contributed by atoms with Crippen LogP contribution in [0.1, 0.15) is 80.6 Å². The van der Waals surface area contributed by atoms with Crippen molar-refractivity contribution in [3.8, 4) is 0 Å². The van der Waals surface area contributed by atoms with E-state index in [2.05, 4.69) is 44.4 Å². The van der Waals surface area contributed by atoms with E-state index in [9.17, 15) is 4.79 Å². The van der Waals surface area contributed by atoms with E-state index >= 15 is 0 Å². The summed E-state index contributed by atoms with van der Waals surface area (Å²) in [6, 6.07) is 1.93. The van der Waals surface area contributed by atoms with E-state index in [-0.39, 0.29) is 6.04 Å². The van der Waals surface area contributed by atoms with Gasteiger partial charge in [-0.05, 0) is 99.2 Å². The summed E-state index contributed by atoms with van der Waals surface area (Å²) in [5.41, 5.74) is 0. The van der Waals surface area contributed by atoms with Crippen LogP contribution in [0.25, 0.3) is 0 Å². The van der Waals surface area contributed by atoms with Crippen molar-refractivity contribution in [3.63, 3.8) is 0 Å². The molecule has 3 unspecified atom stereocenters. The fourth-order valence-corrected chi connectivity index (χ4v) is 4.84. The van der Waals surface area contributed by atoms with Crippen molar-refractivity contribution in [2.75, 3.05) is 32.8 Å². The number of aliphatic hydroxyl groups excluding tert-OH is 1. The van der Waals surface area contributed by atoms with E-state index in [1.165, 1.54) is 38.9 Å². The second kappa shape index (κ2) is 13.7. The largest absolute Gasteiger partial charge is 0.480 e. The van der Waals surface area contributed by atoms with Crippen LogP contribution in [0.2, 0.25) is 0 Å². The Labute approximate surface area is 185 Å². The Morgan fingerprint density at radius 2 is 1.43 bits per heavy atom. The summed E-state index contributed by atoms with van der Waals surface area (Å²) in [5, 5.41) is 17.7. The maximum absolute atomic E-state index is 10.7. The van der Waals surface area contributed by atoms with Gasteiger partial charge in [-0.15, -0.1) is 0 Å². The molecule has 0 aliphatic carbocycles. The van der Waals surface area contributed by atoms with Crippen molar-refractivity contribution < 1.29 is 15.0 Å². The second-order valence-electron chi connectivity index (χ2n) is 10.1. The lowest BCUT2D eigenvalue weighted by atomic mass is 10.2. The first-order valence-electron chi connectivity index (χ1n) is 12.2. The molecule has 0 radical (unpaired) electrons. The molecule has 0 aromatic rings. The van der Waals surface area contributed by atoms with Gasteiger partial charge in [0.05, 0.1) is 6.61 Å². The molecular weight excluding hydrogens is 378 g/mol. The van der Waals surface area contributed by atoms with Crippen LogP contribution in [0.3, 0.4) is 0 Å². The molecule has 2 N–H and O–H groups in total. The number of carboxylic acids is 1. The van der Waals surface area contributed by atoms with Crippen LogP contribution in [0, 0.1) is 5.92 Å². The van der Waals surface area contributed by atoms with E-state index in [0.29, 0.717) is 24.7 Å². The van der Waals surface area contributed by atoms with Gasteiger partial charge in [-0.1, -0.05) is 6.92 Å². The number of likely N-dealkylation sites (tertiary alicyclic amines) is 3. The summed E-state index contributed by atoms with van der Waals surface area (Å²) in [5.74, 6) is 0.267. The topological polar surface area (TPSA) is 67.2 Å². The van der Waals surface area contributed by atoms with Crippen LogP contribution in [-0.4, -0.2) is 93.9 Å². The van der Waals surface area contributed by atoms with Gasteiger partial charge in [0.1, 0.15) is 6.04 Å². The molecule has 3 heterocycles. The molecule has 0 bridgehead atoms. The minimum Gasteiger partial charge on any atom is -0.480 e. The lowest BCUT2D eigenvalue weighted by molar-refractivity contribution is -0.142. The predicted molar refractivity (Wildman–Crippen MR) is 125 cm³/mol. The quantitative estimate of drug-likeness (QED) is 0.700. The van der Waals surface area contributed by atoms with Gasteiger partial charge in [0.15, 0.2) is 0 Å². The van der Waals surface area contributed by atoms with Crippen LogP contribution in [0.15, 0.2) is 0 Å². The Bertz CT molecular complexity index is 484. The molecule has 3 aliphatic heterocycles. The summed E-state index contributed by atoms with van der Waals surface area (Å²) < 4.78 is 0. The van der Waals surface area contributed by atoms with E-state index in [4.69, 9.17) is 10.2 Å². The molecule has 6 nitrogen and oxygen atoms in total. The van der Waals surface area contributed by atoms with E-state index in [0.717, 1.165) is 31.3 Å². The number of hydrogen-bond acceptors (Lipinski definition) is 5.